The summed E-state index contributed by atoms with van der Waals surface area (Å²) in [6.07, 6.45) is 5.44. The van der Waals surface area contributed by atoms with Gasteiger partial charge in [-0.05, 0) is 94.7 Å². The summed E-state index contributed by atoms with van der Waals surface area (Å²) in [4.78, 5) is 36.4. The second kappa shape index (κ2) is 23.7. The number of benzene rings is 4. The van der Waals surface area contributed by atoms with E-state index in [4.69, 9.17) is 27.8 Å². The number of para-hydroxylation sites is 3. The molecule has 354 valence electrons. The fraction of sp³-hybridized carbons (Fsp3) is 0.435. The molecule has 19 heteroatoms. The van der Waals surface area contributed by atoms with E-state index in [0.717, 1.165) is 93.4 Å². The van der Waals surface area contributed by atoms with Gasteiger partial charge >= 0.3 is 8.80 Å². The second-order valence-electron chi connectivity index (χ2n) is 15.6. The molecule has 4 aromatic carbocycles. The molecule has 0 radical (unpaired) electrons. The number of carbonyl (C=O) groups excluding carboxylic acids is 2. The largest absolute Gasteiger partial charge is 0.498 e. The van der Waals surface area contributed by atoms with Crippen LogP contribution in [0.25, 0.3) is 0 Å². The predicted molar refractivity (Wildman–Crippen MR) is 253 cm³/mol. The molecule has 2 amide bonds. The molecule has 0 atom stereocenters. The molecule has 1 aliphatic carbocycles. The number of aryl methyl sites for hydroxylation is 1. The molecule has 0 unspecified atom stereocenters. The van der Waals surface area contributed by atoms with Crippen molar-refractivity contribution < 1.29 is 59.0 Å². The molecule has 0 saturated heterocycles. The van der Waals surface area contributed by atoms with E-state index in [-0.39, 0.29) is 0 Å². The van der Waals surface area contributed by atoms with Gasteiger partial charge in [0.2, 0.25) is 20.0 Å². The van der Waals surface area contributed by atoms with Crippen LogP contribution in [0.3, 0.4) is 0 Å². The van der Waals surface area contributed by atoms with Crippen molar-refractivity contribution in [1.29, 1.82) is 0 Å². The summed E-state index contributed by atoms with van der Waals surface area (Å²) in [5, 5.41) is 0. The van der Waals surface area contributed by atoms with Gasteiger partial charge in [0.25, 0.3) is 11.8 Å². The monoisotopic (exact) mass is 972 g/mol. The molecule has 0 aliphatic heterocycles. The van der Waals surface area contributed by atoms with Gasteiger partial charge in [-0.3, -0.25) is 19.0 Å². The number of hydrogen-bond donors (Lipinski definition) is 3. The van der Waals surface area contributed by atoms with Gasteiger partial charge in [-0.2, -0.15) is 11.8 Å². The Labute approximate surface area is 388 Å². The average molecular weight is 973 g/mol. The van der Waals surface area contributed by atoms with Gasteiger partial charge in [0.1, 0.15) is 23.0 Å². The molecule has 4 aromatic rings. The van der Waals surface area contributed by atoms with Crippen molar-refractivity contribution in [2.45, 2.75) is 64.8 Å². The fourth-order valence-electron chi connectivity index (χ4n) is 7.96. The van der Waals surface area contributed by atoms with Gasteiger partial charge in [0, 0.05) is 44.9 Å². The SMILES string of the molecule is CCO[Si](O)(CCCSCCCc1cc2c(OCC(=O)NS(C)(=O)=O)c(c1)Cc1cccc(c1OC)Cc1cccc(c1OCC(=O)NS(C)(=O)=O)Cc1cccc(c1OC)C2)OCC. The van der Waals surface area contributed by atoms with Crippen molar-refractivity contribution in [2.24, 2.45) is 0 Å². The summed E-state index contributed by atoms with van der Waals surface area (Å²) in [7, 11) is -7.65. The summed E-state index contributed by atoms with van der Waals surface area (Å²) < 4.78 is 87.6. The Kier molecular flexibility index (Phi) is 18.7. The van der Waals surface area contributed by atoms with Crippen LogP contribution >= 0.6 is 11.8 Å². The van der Waals surface area contributed by atoms with E-state index in [1.54, 1.807) is 26.0 Å². The van der Waals surface area contributed by atoms with Gasteiger partial charge in [-0.15, -0.1) is 0 Å². The lowest BCUT2D eigenvalue weighted by molar-refractivity contribution is -0.122. The van der Waals surface area contributed by atoms with E-state index < -0.39 is 53.9 Å². The highest BCUT2D eigenvalue weighted by Gasteiger charge is 2.35. The van der Waals surface area contributed by atoms with E-state index in [9.17, 15) is 31.2 Å². The molecule has 0 saturated carbocycles. The number of ether oxygens (including phenoxy) is 4. The lowest BCUT2D eigenvalue weighted by atomic mass is 9.90. The third kappa shape index (κ3) is 15.5. The number of nitrogens with one attached hydrogen (secondary N) is 2. The molecule has 5 rings (SSSR count). The number of sulfonamides is 2. The zero-order valence-electron chi connectivity index (χ0n) is 37.8. The van der Waals surface area contributed by atoms with Gasteiger partial charge in [0.15, 0.2) is 13.2 Å². The number of fused-ring (bicyclic) bond motifs is 8. The zero-order valence-corrected chi connectivity index (χ0v) is 41.3. The van der Waals surface area contributed by atoms with Crippen molar-refractivity contribution in [3.05, 3.63) is 117 Å². The molecular formula is C46H60N2O13S3Si. The average Bonchev–Trinajstić information content (AvgIpc) is 3.21. The minimum atomic E-state index is -3.84. The Balaban J connectivity index is 1.58. The number of amides is 2. The van der Waals surface area contributed by atoms with Crippen LogP contribution in [0.2, 0.25) is 6.04 Å². The maximum atomic E-state index is 12.9. The molecule has 3 N–H and O–H groups in total. The third-order valence-electron chi connectivity index (χ3n) is 10.3. The van der Waals surface area contributed by atoms with Crippen molar-refractivity contribution in [3.63, 3.8) is 0 Å². The lowest BCUT2D eigenvalue weighted by Crippen LogP contribution is -2.42. The normalized spacial score (nSPS) is 12.8. The highest BCUT2D eigenvalue weighted by molar-refractivity contribution is 7.99. The maximum absolute atomic E-state index is 12.9. The Hall–Kier alpha value is -4.63. The first-order chi connectivity index (χ1) is 30.9. The molecule has 65 heavy (non-hydrogen) atoms. The molecule has 0 aromatic heterocycles. The summed E-state index contributed by atoms with van der Waals surface area (Å²) in [5.41, 5.74) is 7.28. The van der Waals surface area contributed by atoms with E-state index in [1.807, 2.05) is 77.9 Å². The number of hydrogen-bond acceptors (Lipinski definition) is 14. The minimum absolute atomic E-state index is 0.314. The minimum Gasteiger partial charge on any atom is -0.496 e. The highest BCUT2D eigenvalue weighted by Crippen LogP contribution is 2.39. The van der Waals surface area contributed by atoms with Crippen LogP contribution in [0, 0.1) is 0 Å². The predicted octanol–water partition coefficient (Wildman–Crippen LogP) is 5.35. The molecule has 8 bridgehead atoms. The summed E-state index contributed by atoms with van der Waals surface area (Å²) in [6.45, 7) is 3.41. The summed E-state index contributed by atoms with van der Waals surface area (Å²) in [6, 6.07) is 21.9. The smallest absolute Gasteiger partial charge is 0.496 e. The molecule has 0 fully saturated rings. The Morgan fingerprint density at radius 2 is 0.985 bits per heavy atom. The Morgan fingerprint density at radius 3 is 1.37 bits per heavy atom. The first kappa shape index (κ1) is 51.4. The number of thioether (sulfide) groups is 1. The van der Waals surface area contributed by atoms with Crippen LogP contribution in [-0.4, -0.2) is 107 Å². The Bertz CT molecular complexity index is 2410. The van der Waals surface area contributed by atoms with Crippen LogP contribution in [0.5, 0.6) is 23.0 Å². The molecule has 15 nitrogen and oxygen atoms in total. The van der Waals surface area contributed by atoms with Gasteiger partial charge < -0.3 is 32.6 Å². The molecule has 1 aliphatic rings. The number of methoxy groups -OCH3 is 2. The highest BCUT2D eigenvalue weighted by atomic mass is 32.2. The van der Waals surface area contributed by atoms with Crippen molar-refractivity contribution in [1.82, 2.24) is 9.44 Å². The maximum Gasteiger partial charge on any atom is 0.498 e. The molecular weight excluding hydrogens is 913 g/mol. The van der Waals surface area contributed by atoms with Crippen LogP contribution < -0.4 is 28.4 Å². The van der Waals surface area contributed by atoms with Crippen molar-refractivity contribution in [3.8, 4) is 23.0 Å². The third-order valence-corrected chi connectivity index (χ3v) is 15.2. The van der Waals surface area contributed by atoms with E-state index >= 15 is 0 Å². The van der Waals surface area contributed by atoms with Crippen molar-refractivity contribution >= 4 is 52.4 Å². The number of rotatable bonds is 22. The quantitative estimate of drug-likeness (QED) is 0.0592. The van der Waals surface area contributed by atoms with E-state index in [2.05, 4.69) is 12.1 Å². The van der Waals surface area contributed by atoms with Crippen LogP contribution in [0.1, 0.15) is 76.8 Å². The summed E-state index contributed by atoms with van der Waals surface area (Å²) >= 11 is 1.80. The standard InChI is InChI=1S/C46H60N2O13S3Si/c1-7-60-65(55,61-8-2)23-13-22-62-21-12-14-32-24-39-28-35-17-9-15-33(43(35)56-3)26-37-19-11-20-38(45(37)58-30-41(49)47-63(5,51)52)27-34-16-10-18-36(44(34)57-4)29-40(25-32)46(39)59-31-42(50)48-64(6,53)54/h9-11,15-20,24-25,55H,7-8,12-14,21-23,26-31H2,1-6H3,(H,47,49)(H,48,50). The van der Waals surface area contributed by atoms with Gasteiger partial charge in [0.05, 0.1) is 26.7 Å². The van der Waals surface area contributed by atoms with Gasteiger partial charge in [-0.1, -0.05) is 66.7 Å². The van der Waals surface area contributed by atoms with E-state index in [1.165, 1.54) is 0 Å². The zero-order chi connectivity index (χ0) is 47.2. The van der Waals surface area contributed by atoms with Gasteiger partial charge in [-0.25, -0.2) is 16.8 Å². The van der Waals surface area contributed by atoms with Crippen LogP contribution in [0.15, 0.2) is 66.7 Å². The number of carbonyl (C=O) groups is 2. The van der Waals surface area contributed by atoms with Crippen LogP contribution in [-0.2, 0) is 70.6 Å². The van der Waals surface area contributed by atoms with Crippen molar-refractivity contribution in [2.75, 3.05) is 64.7 Å². The van der Waals surface area contributed by atoms with E-state index in [0.29, 0.717) is 67.9 Å². The first-order valence-electron chi connectivity index (χ1n) is 21.3. The first-order valence-corrected chi connectivity index (χ1v) is 28.2. The summed E-state index contributed by atoms with van der Waals surface area (Å²) in [5.74, 6) is 2.16. The topological polar surface area (TPSA) is 202 Å². The van der Waals surface area contributed by atoms with Crippen LogP contribution in [0.4, 0.5) is 0 Å². The Morgan fingerprint density at radius 1 is 0.615 bits per heavy atom. The molecule has 0 spiro atoms. The second-order valence-corrected chi connectivity index (χ2v) is 22.9. The lowest BCUT2D eigenvalue weighted by Gasteiger charge is -2.23. The fourth-order valence-corrected chi connectivity index (χ4v) is 12.0. The molecule has 0 heterocycles.